The summed E-state index contributed by atoms with van der Waals surface area (Å²) in [6, 6.07) is 15.4. The van der Waals surface area contributed by atoms with Crippen LogP contribution in [0.5, 0.6) is 5.75 Å². The van der Waals surface area contributed by atoms with Gasteiger partial charge in [0.15, 0.2) is 5.78 Å². The zero-order valence-electron chi connectivity index (χ0n) is 10.0. The Morgan fingerprint density at radius 1 is 1.17 bits per heavy atom. The van der Waals surface area contributed by atoms with Crippen LogP contribution >= 0.6 is 15.9 Å². The molecule has 2 aromatic carbocycles. The van der Waals surface area contributed by atoms with Gasteiger partial charge in [-0.05, 0) is 46.6 Å². The highest BCUT2D eigenvalue weighted by Gasteiger charge is 2.06. The zero-order chi connectivity index (χ0) is 13.0. The number of carbonyl (C=O) groups is 1. The van der Waals surface area contributed by atoms with Gasteiger partial charge in [-0.2, -0.15) is 0 Å². The van der Waals surface area contributed by atoms with Crippen LogP contribution in [0.2, 0.25) is 0 Å². The van der Waals surface area contributed by atoms with Gasteiger partial charge in [0, 0.05) is 10.0 Å². The molecule has 0 N–H and O–H groups in total. The second-order valence-corrected chi connectivity index (χ2v) is 4.83. The summed E-state index contributed by atoms with van der Waals surface area (Å²) in [4.78, 5) is 11.3. The lowest BCUT2D eigenvalue weighted by molar-refractivity contribution is 0.101. The normalized spacial score (nSPS) is 10.1. The van der Waals surface area contributed by atoms with Crippen LogP contribution in [0.3, 0.4) is 0 Å². The van der Waals surface area contributed by atoms with E-state index in [0.29, 0.717) is 12.2 Å². The second-order valence-electron chi connectivity index (χ2n) is 3.97. The molecular formula is C15H13BrO2. The fourth-order valence-corrected chi connectivity index (χ4v) is 2.25. The molecule has 0 aliphatic carbocycles. The molecule has 0 heterocycles. The maximum Gasteiger partial charge on any atom is 0.160 e. The Kier molecular flexibility index (Phi) is 4.15. The molecule has 0 spiro atoms. The third-order valence-corrected chi connectivity index (χ3v) is 3.22. The molecule has 0 amide bonds. The summed E-state index contributed by atoms with van der Waals surface area (Å²) in [5.74, 6) is 0.784. The van der Waals surface area contributed by atoms with Crippen LogP contribution in [0.4, 0.5) is 0 Å². The molecule has 0 aromatic heterocycles. The number of ether oxygens (including phenoxy) is 1. The highest BCUT2D eigenvalue weighted by molar-refractivity contribution is 9.10. The molecule has 0 aliphatic heterocycles. The van der Waals surface area contributed by atoms with Gasteiger partial charge in [0.05, 0.1) is 0 Å². The lowest BCUT2D eigenvalue weighted by Crippen LogP contribution is -1.97. The maximum absolute atomic E-state index is 11.3. The fraction of sp³-hybridized carbons (Fsp3) is 0.133. The molecule has 2 rings (SSSR count). The van der Waals surface area contributed by atoms with Crippen LogP contribution in [0.1, 0.15) is 22.8 Å². The first-order valence-electron chi connectivity index (χ1n) is 5.64. The molecule has 0 unspecified atom stereocenters. The van der Waals surface area contributed by atoms with Gasteiger partial charge >= 0.3 is 0 Å². The Hall–Kier alpha value is -1.61. The number of Topliss-reactive ketones (excluding diaryl/α,β-unsaturated/α-hetero) is 1. The van der Waals surface area contributed by atoms with E-state index in [2.05, 4.69) is 15.9 Å². The number of hydrogen-bond donors (Lipinski definition) is 0. The van der Waals surface area contributed by atoms with Crippen molar-refractivity contribution in [3.05, 3.63) is 64.1 Å². The molecule has 0 aliphatic rings. The summed E-state index contributed by atoms with van der Waals surface area (Å²) in [5.41, 5.74) is 1.78. The van der Waals surface area contributed by atoms with Crippen molar-refractivity contribution < 1.29 is 9.53 Å². The number of rotatable bonds is 4. The lowest BCUT2D eigenvalue weighted by atomic mass is 10.1. The van der Waals surface area contributed by atoms with Gasteiger partial charge in [0.2, 0.25) is 0 Å². The predicted octanol–water partition coefficient (Wildman–Crippen LogP) is 4.23. The Balaban J connectivity index is 2.07. The summed E-state index contributed by atoms with van der Waals surface area (Å²) in [6.45, 7) is 2.07. The van der Waals surface area contributed by atoms with E-state index in [4.69, 9.17) is 4.74 Å². The first-order chi connectivity index (χ1) is 8.66. The topological polar surface area (TPSA) is 26.3 Å². The van der Waals surface area contributed by atoms with Crippen molar-refractivity contribution in [2.75, 3.05) is 0 Å². The van der Waals surface area contributed by atoms with Gasteiger partial charge in [0.25, 0.3) is 0 Å². The molecular weight excluding hydrogens is 292 g/mol. The first-order valence-corrected chi connectivity index (χ1v) is 6.43. The third-order valence-electron chi connectivity index (χ3n) is 2.57. The SMILES string of the molecule is CC(=O)c1ccc(OCc2ccccc2)cc1Br. The van der Waals surface area contributed by atoms with Gasteiger partial charge in [0.1, 0.15) is 12.4 Å². The predicted molar refractivity (Wildman–Crippen MR) is 74.9 cm³/mol. The van der Waals surface area contributed by atoms with Gasteiger partial charge in [-0.25, -0.2) is 0 Å². The Morgan fingerprint density at radius 3 is 2.50 bits per heavy atom. The highest BCUT2D eigenvalue weighted by Crippen LogP contribution is 2.24. The van der Waals surface area contributed by atoms with Gasteiger partial charge in [-0.15, -0.1) is 0 Å². The van der Waals surface area contributed by atoms with Gasteiger partial charge in [-0.1, -0.05) is 30.3 Å². The van der Waals surface area contributed by atoms with E-state index in [1.54, 1.807) is 13.0 Å². The van der Waals surface area contributed by atoms with Crippen molar-refractivity contribution in [3.8, 4) is 5.75 Å². The molecule has 0 fully saturated rings. The first kappa shape index (κ1) is 12.8. The van der Waals surface area contributed by atoms with E-state index in [1.807, 2.05) is 42.5 Å². The molecule has 2 nitrogen and oxygen atoms in total. The molecule has 0 bridgehead atoms. The van der Waals surface area contributed by atoms with Crippen LogP contribution in [0.15, 0.2) is 53.0 Å². The summed E-state index contributed by atoms with van der Waals surface area (Å²) in [7, 11) is 0. The van der Waals surface area contributed by atoms with Crippen molar-refractivity contribution in [1.29, 1.82) is 0 Å². The molecule has 0 radical (unpaired) electrons. The minimum absolute atomic E-state index is 0.0384. The number of ketones is 1. The second kappa shape index (κ2) is 5.83. The Bertz CT molecular complexity index is 550. The summed E-state index contributed by atoms with van der Waals surface area (Å²) >= 11 is 3.37. The molecule has 2 aromatic rings. The Labute approximate surface area is 115 Å². The van der Waals surface area contributed by atoms with Crippen LogP contribution in [0.25, 0.3) is 0 Å². The zero-order valence-corrected chi connectivity index (χ0v) is 11.6. The average molecular weight is 305 g/mol. The summed E-state index contributed by atoms with van der Waals surface area (Å²) < 4.78 is 6.43. The van der Waals surface area contributed by atoms with E-state index >= 15 is 0 Å². The lowest BCUT2D eigenvalue weighted by Gasteiger charge is -2.08. The largest absolute Gasteiger partial charge is 0.489 e. The number of carbonyl (C=O) groups excluding carboxylic acids is 1. The van der Waals surface area contributed by atoms with E-state index in [0.717, 1.165) is 15.8 Å². The number of benzene rings is 2. The number of halogens is 1. The molecule has 0 saturated carbocycles. The van der Waals surface area contributed by atoms with Crippen molar-refractivity contribution in [3.63, 3.8) is 0 Å². The van der Waals surface area contributed by atoms with Crippen LogP contribution < -0.4 is 4.74 Å². The quantitative estimate of drug-likeness (QED) is 0.790. The van der Waals surface area contributed by atoms with E-state index in [1.165, 1.54) is 0 Å². The van der Waals surface area contributed by atoms with Crippen LogP contribution in [-0.4, -0.2) is 5.78 Å². The molecule has 0 saturated heterocycles. The molecule has 92 valence electrons. The smallest absolute Gasteiger partial charge is 0.160 e. The molecule has 0 atom stereocenters. The Morgan fingerprint density at radius 2 is 1.89 bits per heavy atom. The standard InChI is InChI=1S/C15H13BrO2/c1-11(17)14-8-7-13(9-15(14)16)18-10-12-5-3-2-4-6-12/h2-9H,10H2,1H3. The van der Waals surface area contributed by atoms with E-state index < -0.39 is 0 Å². The fourth-order valence-electron chi connectivity index (χ4n) is 1.61. The van der Waals surface area contributed by atoms with E-state index in [9.17, 15) is 4.79 Å². The summed E-state index contributed by atoms with van der Waals surface area (Å²) in [6.07, 6.45) is 0. The summed E-state index contributed by atoms with van der Waals surface area (Å²) in [5, 5.41) is 0. The van der Waals surface area contributed by atoms with E-state index in [-0.39, 0.29) is 5.78 Å². The van der Waals surface area contributed by atoms with Crippen molar-refractivity contribution in [2.45, 2.75) is 13.5 Å². The van der Waals surface area contributed by atoms with Crippen molar-refractivity contribution in [1.82, 2.24) is 0 Å². The highest BCUT2D eigenvalue weighted by atomic mass is 79.9. The molecule has 3 heteroatoms. The van der Waals surface area contributed by atoms with Crippen molar-refractivity contribution >= 4 is 21.7 Å². The van der Waals surface area contributed by atoms with Crippen LogP contribution in [0, 0.1) is 0 Å². The van der Waals surface area contributed by atoms with Crippen LogP contribution in [-0.2, 0) is 6.61 Å². The third kappa shape index (κ3) is 3.20. The van der Waals surface area contributed by atoms with Crippen molar-refractivity contribution in [2.24, 2.45) is 0 Å². The number of hydrogen-bond acceptors (Lipinski definition) is 2. The minimum Gasteiger partial charge on any atom is -0.489 e. The molecule has 18 heavy (non-hydrogen) atoms. The average Bonchev–Trinajstić information content (AvgIpc) is 2.37. The minimum atomic E-state index is 0.0384. The maximum atomic E-state index is 11.3. The van der Waals surface area contributed by atoms with Gasteiger partial charge < -0.3 is 4.74 Å². The monoisotopic (exact) mass is 304 g/mol. The van der Waals surface area contributed by atoms with Gasteiger partial charge in [-0.3, -0.25) is 4.79 Å².